The zero-order chi connectivity index (χ0) is 15.4. The number of aliphatic hydroxyl groups excluding tert-OH is 1. The van der Waals surface area contributed by atoms with Crippen LogP contribution in [0.3, 0.4) is 0 Å². The molecule has 0 aliphatic carbocycles. The maximum atomic E-state index is 13.6. The van der Waals surface area contributed by atoms with E-state index in [4.69, 9.17) is 11.6 Å². The van der Waals surface area contributed by atoms with Gasteiger partial charge >= 0.3 is 0 Å². The van der Waals surface area contributed by atoms with Crippen molar-refractivity contribution >= 4 is 11.6 Å². The Morgan fingerprint density at radius 2 is 1.71 bits per heavy atom. The normalized spacial score (nSPS) is 14.0. The van der Waals surface area contributed by atoms with E-state index in [1.165, 1.54) is 6.07 Å². The molecule has 5 heteroatoms. The maximum absolute atomic E-state index is 13.6. The lowest BCUT2D eigenvalue weighted by Gasteiger charge is -2.19. The van der Waals surface area contributed by atoms with E-state index >= 15 is 0 Å². The molecule has 2 N–H and O–H groups in total. The zero-order valence-electron chi connectivity index (χ0n) is 11.5. The minimum atomic E-state index is -1.27. The summed E-state index contributed by atoms with van der Waals surface area (Å²) in [5, 5.41) is 13.6. The Bertz CT molecular complexity index is 601. The Kier molecular flexibility index (Phi) is 5.28. The van der Waals surface area contributed by atoms with Gasteiger partial charge in [-0.25, -0.2) is 8.78 Å². The van der Waals surface area contributed by atoms with Crippen LogP contribution in [0.15, 0.2) is 42.5 Å². The topological polar surface area (TPSA) is 32.3 Å². The molecule has 2 rings (SSSR count). The molecule has 0 heterocycles. The van der Waals surface area contributed by atoms with Gasteiger partial charge in [0.1, 0.15) is 11.6 Å². The molecule has 0 fully saturated rings. The molecule has 2 atom stereocenters. The zero-order valence-corrected chi connectivity index (χ0v) is 12.2. The summed E-state index contributed by atoms with van der Waals surface area (Å²) < 4.78 is 27.1. The van der Waals surface area contributed by atoms with E-state index in [0.29, 0.717) is 5.02 Å². The molecule has 112 valence electrons. The Balaban J connectivity index is 2.04. The van der Waals surface area contributed by atoms with Gasteiger partial charge in [0.2, 0.25) is 0 Å². The average molecular weight is 312 g/mol. The van der Waals surface area contributed by atoms with E-state index in [0.717, 1.165) is 17.7 Å². The Morgan fingerprint density at radius 1 is 1.10 bits per heavy atom. The largest absolute Gasteiger partial charge is 0.387 e. The number of rotatable bonds is 5. The molecular formula is C16H16ClF2NO. The molecule has 0 bridgehead atoms. The van der Waals surface area contributed by atoms with Crippen LogP contribution in [0.1, 0.15) is 30.2 Å². The van der Waals surface area contributed by atoms with Crippen LogP contribution < -0.4 is 5.32 Å². The van der Waals surface area contributed by atoms with Gasteiger partial charge in [0.25, 0.3) is 0 Å². The number of halogens is 3. The third kappa shape index (κ3) is 3.79. The quantitative estimate of drug-likeness (QED) is 0.874. The standard InChI is InChI=1S/C16H16ClF2NO/c1-10(11-5-2-3-6-12(11)17)20-9-15(21)16-13(18)7-4-8-14(16)19/h2-8,10,15,20-21H,9H2,1H3. The first-order valence-electron chi connectivity index (χ1n) is 6.60. The smallest absolute Gasteiger partial charge is 0.131 e. The first kappa shape index (κ1) is 15.9. The van der Waals surface area contributed by atoms with Gasteiger partial charge in [-0.2, -0.15) is 0 Å². The molecule has 0 aromatic heterocycles. The van der Waals surface area contributed by atoms with Gasteiger partial charge in [-0.3, -0.25) is 0 Å². The minimum Gasteiger partial charge on any atom is -0.387 e. The van der Waals surface area contributed by atoms with Crippen LogP contribution in [0.25, 0.3) is 0 Å². The lowest BCUT2D eigenvalue weighted by atomic mass is 10.1. The highest BCUT2D eigenvalue weighted by molar-refractivity contribution is 6.31. The first-order chi connectivity index (χ1) is 10.0. The van der Waals surface area contributed by atoms with Gasteiger partial charge in [0, 0.05) is 17.6 Å². The highest BCUT2D eigenvalue weighted by atomic mass is 35.5. The summed E-state index contributed by atoms with van der Waals surface area (Å²) in [6, 6.07) is 10.7. The average Bonchev–Trinajstić information content (AvgIpc) is 2.45. The van der Waals surface area contributed by atoms with Crippen molar-refractivity contribution in [2.45, 2.75) is 19.1 Å². The predicted octanol–water partition coefficient (Wildman–Crippen LogP) is 4.00. The molecule has 0 spiro atoms. The molecule has 21 heavy (non-hydrogen) atoms. The van der Waals surface area contributed by atoms with E-state index in [1.807, 2.05) is 25.1 Å². The van der Waals surface area contributed by atoms with Crippen molar-refractivity contribution in [3.63, 3.8) is 0 Å². The molecule has 2 aromatic rings. The van der Waals surface area contributed by atoms with E-state index < -0.39 is 17.7 Å². The van der Waals surface area contributed by atoms with Crippen LogP contribution >= 0.6 is 11.6 Å². The van der Waals surface area contributed by atoms with Crippen molar-refractivity contribution in [1.82, 2.24) is 5.32 Å². The summed E-state index contributed by atoms with van der Waals surface area (Å²) in [5.74, 6) is -1.51. The first-order valence-corrected chi connectivity index (χ1v) is 6.98. The molecular weight excluding hydrogens is 296 g/mol. The fraction of sp³-hybridized carbons (Fsp3) is 0.250. The Morgan fingerprint density at radius 3 is 2.33 bits per heavy atom. The van der Waals surface area contributed by atoms with Gasteiger partial charge in [-0.1, -0.05) is 35.9 Å². The third-order valence-electron chi connectivity index (χ3n) is 3.32. The molecule has 2 unspecified atom stereocenters. The number of hydrogen-bond acceptors (Lipinski definition) is 2. The molecule has 2 nitrogen and oxygen atoms in total. The van der Waals surface area contributed by atoms with Crippen molar-refractivity contribution in [1.29, 1.82) is 0 Å². The third-order valence-corrected chi connectivity index (χ3v) is 3.67. The number of hydrogen-bond donors (Lipinski definition) is 2. The van der Waals surface area contributed by atoms with Crippen molar-refractivity contribution in [2.24, 2.45) is 0 Å². The van der Waals surface area contributed by atoms with Crippen LogP contribution in [-0.2, 0) is 0 Å². The highest BCUT2D eigenvalue weighted by Crippen LogP contribution is 2.24. The van der Waals surface area contributed by atoms with E-state index in [-0.39, 0.29) is 18.2 Å². The van der Waals surface area contributed by atoms with Gasteiger partial charge in [-0.05, 0) is 30.7 Å². The Labute approximate surface area is 127 Å². The van der Waals surface area contributed by atoms with Crippen molar-refractivity contribution in [2.75, 3.05) is 6.54 Å². The van der Waals surface area contributed by atoms with E-state index in [2.05, 4.69) is 5.32 Å². The SMILES string of the molecule is CC(NCC(O)c1c(F)cccc1F)c1ccccc1Cl. The summed E-state index contributed by atoms with van der Waals surface area (Å²) in [7, 11) is 0. The fourth-order valence-electron chi connectivity index (χ4n) is 2.16. The lowest BCUT2D eigenvalue weighted by Crippen LogP contribution is -2.25. The highest BCUT2D eigenvalue weighted by Gasteiger charge is 2.18. The van der Waals surface area contributed by atoms with Crippen molar-refractivity contribution < 1.29 is 13.9 Å². The summed E-state index contributed by atoms with van der Waals surface area (Å²) >= 11 is 6.08. The summed E-state index contributed by atoms with van der Waals surface area (Å²) in [4.78, 5) is 0. The van der Waals surface area contributed by atoms with Crippen LogP contribution in [0.2, 0.25) is 5.02 Å². The summed E-state index contributed by atoms with van der Waals surface area (Å²) in [6.45, 7) is 1.88. The van der Waals surface area contributed by atoms with Gasteiger partial charge in [0.05, 0.1) is 11.7 Å². The summed E-state index contributed by atoms with van der Waals surface area (Å²) in [5.41, 5.74) is 0.539. The van der Waals surface area contributed by atoms with Crippen LogP contribution in [0.4, 0.5) is 8.78 Å². The number of nitrogens with one attached hydrogen (secondary N) is 1. The van der Waals surface area contributed by atoms with Crippen molar-refractivity contribution in [3.8, 4) is 0 Å². The molecule has 0 amide bonds. The van der Waals surface area contributed by atoms with Crippen LogP contribution in [0.5, 0.6) is 0 Å². The Hall–Kier alpha value is -1.49. The molecule has 2 aromatic carbocycles. The number of benzene rings is 2. The van der Waals surface area contributed by atoms with Gasteiger partial charge < -0.3 is 10.4 Å². The second-order valence-electron chi connectivity index (χ2n) is 4.80. The van der Waals surface area contributed by atoms with E-state index in [1.54, 1.807) is 6.07 Å². The van der Waals surface area contributed by atoms with Gasteiger partial charge in [-0.15, -0.1) is 0 Å². The molecule has 0 saturated heterocycles. The molecule has 0 aliphatic heterocycles. The predicted molar refractivity (Wildman–Crippen MR) is 79.2 cm³/mol. The molecule has 0 saturated carbocycles. The van der Waals surface area contributed by atoms with E-state index in [9.17, 15) is 13.9 Å². The lowest BCUT2D eigenvalue weighted by molar-refractivity contribution is 0.161. The maximum Gasteiger partial charge on any atom is 0.131 e. The number of aliphatic hydroxyl groups is 1. The van der Waals surface area contributed by atoms with Crippen molar-refractivity contribution in [3.05, 3.63) is 70.2 Å². The van der Waals surface area contributed by atoms with Gasteiger partial charge in [0.15, 0.2) is 0 Å². The minimum absolute atomic E-state index is 0.0181. The fourth-order valence-corrected chi connectivity index (χ4v) is 2.46. The van der Waals surface area contributed by atoms with Crippen LogP contribution in [0, 0.1) is 11.6 Å². The monoisotopic (exact) mass is 311 g/mol. The van der Waals surface area contributed by atoms with Crippen LogP contribution in [-0.4, -0.2) is 11.7 Å². The molecule has 0 radical (unpaired) electrons. The second kappa shape index (κ2) is 6.98. The summed E-state index contributed by atoms with van der Waals surface area (Å²) in [6.07, 6.45) is -1.27. The molecule has 0 aliphatic rings. The second-order valence-corrected chi connectivity index (χ2v) is 5.21.